The van der Waals surface area contributed by atoms with Gasteiger partial charge in [-0.05, 0) is 40.6 Å². The molecule has 5 nitrogen and oxygen atoms in total. The molecule has 0 radical (unpaired) electrons. The Morgan fingerprint density at radius 3 is 2.47 bits per heavy atom. The number of aliphatic carboxylic acids is 1. The molecular weight excluding hydrogens is 359 g/mol. The van der Waals surface area contributed by atoms with Gasteiger partial charge in [0.05, 0.1) is 11.6 Å². The number of urea groups is 1. The number of carboxylic acids is 1. The topological polar surface area (TPSA) is 78.4 Å². The smallest absolute Gasteiger partial charge is 0.319 e. The van der Waals surface area contributed by atoms with Crippen LogP contribution in [-0.2, 0) is 4.79 Å². The Labute approximate surface area is 125 Å². The van der Waals surface area contributed by atoms with Crippen LogP contribution in [0.25, 0.3) is 0 Å². The van der Waals surface area contributed by atoms with Crippen LogP contribution in [0.5, 0.6) is 0 Å². The number of halogens is 1. The fraction of sp³-hybridized carbons (Fsp3) is 0.385. The largest absolute Gasteiger partial charge is 0.481 e. The number of hydrogen-bond acceptors (Lipinski definition) is 2. The third kappa shape index (κ3) is 5.06. The van der Waals surface area contributed by atoms with Gasteiger partial charge in [-0.25, -0.2) is 4.79 Å². The molecule has 0 bridgehead atoms. The molecule has 19 heavy (non-hydrogen) atoms. The van der Waals surface area contributed by atoms with E-state index in [2.05, 4.69) is 33.2 Å². The van der Waals surface area contributed by atoms with Crippen LogP contribution >= 0.6 is 22.6 Å². The summed E-state index contributed by atoms with van der Waals surface area (Å²) in [6.45, 7) is 3.75. The molecule has 0 saturated carbocycles. The molecule has 1 unspecified atom stereocenters. The van der Waals surface area contributed by atoms with Crippen LogP contribution in [0.4, 0.5) is 10.5 Å². The zero-order chi connectivity index (χ0) is 14.4. The van der Waals surface area contributed by atoms with Crippen molar-refractivity contribution in [3.63, 3.8) is 0 Å². The normalized spacial score (nSPS) is 12.0. The second-order valence-corrected chi connectivity index (χ2v) is 5.67. The molecule has 6 heteroatoms. The van der Waals surface area contributed by atoms with E-state index < -0.39 is 17.9 Å². The van der Waals surface area contributed by atoms with E-state index in [4.69, 9.17) is 5.11 Å². The van der Waals surface area contributed by atoms with E-state index in [1.165, 1.54) is 0 Å². The van der Waals surface area contributed by atoms with Gasteiger partial charge in [0.2, 0.25) is 0 Å². The Kier molecular flexibility index (Phi) is 6.07. The highest BCUT2D eigenvalue weighted by Crippen LogP contribution is 2.16. The van der Waals surface area contributed by atoms with Gasteiger partial charge in [0.15, 0.2) is 0 Å². The number of amides is 2. The molecule has 0 aliphatic rings. The van der Waals surface area contributed by atoms with Crippen LogP contribution in [0.2, 0.25) is 0 Å². The molecule has 1 atom stereocenters. The molecule has 3 N–H and O–H groups in total. The van der Waals surface area contributed by atoms with Crippen molar-refractivity contribution in [1.29, 1.82) is 0 Å². The number of carboxylic acid groups (broad SMARTS) is 1. The van der Waals surface area contributed by atoms with Crippen LogP contribution in [-0.4, -0.2) is 23.7 Å². The minimum absolute atomic E-state index is 0.0327. The van der Waals surface area contributed by atoms with E-state index in [1.807, 2.05) is 32.0 Å². The summed E-state index contributed by atoms with van der Waals surface area (Å²) < 4.78 is 0.925. The molecule has 1 aromatic rings. The maximum absolute atomic E-state index is 11.7. The molecule has 0 fully saturated rings. The average Bonchev–Trinajstić information content (AvgIpc) is 2.31. The Bertz CT molecular complexity index is 463. The molecule has 1 aromatic carbocycles. The number of benzene rings is 1. The highest BCUT2D eigenvalue weighted by atomic mass is 127. The molecule has 2 amide bonds. The maximum Gasteiger partial charge on any atom is 0.319 e. The minimum Gasteiger partial charge on any atom is -0.481 e. The Morgan fingerprint density at radius 1 is 1.32 bits per heavy atom. The molecule has 0 spiro atoms. The molecule has 0 aliphatic heterocycles. The summed E-state index contributed by atoms with van der Waals surface area (Å²) in [6, 6.07) is 6.98. The highest BCUT2D eigenvalue weighted by Gasteiger charge is 2.21. The second kappa shape index (κ2) is 7.32. The van der Waals surface area contributed by atoms with E-state index in [0.29, 0.717) is 5.69 Å². The zero-order valence-electron chi connectivity index (χ0n) is 10.8. The van der Waals surface area contributed by atoms with Gasteiger partial charge in [-0.1, -0.05) is 26.0 Å². The van der Waals surface area contributed by atoms with Gasteiger partial charge in [-0.3, -0.25) is 4.79 Å². The van der Waals surface area contributed by atoms with Gasteiger partial charge in [-0.15, -0.1) is 0 Å². The summed E-state index contributed by atoms with van der Waals surface area (Å²) >= 11 is 2.12. The molecule has 0 heterocycles. The van der Waals surface area contributed by atoms with Crippen molar-refractivity contribution in [2.45, 2.75) is 13.8 Å². The lowest BCUT2D eigenvalue weighted by Crippen LogP contribution is -2.37. The van der Waals surface area contributed by atoms with Gasteiger partial charge in [0.1, 0.15) is 0 Å². The van der Waals surface area contributed by atoms with Crippen molar-refractivity contribution < 1.29 is 14.7 Å². The summed E-state index contributed by atoms with van der Waals surface area (Å²) in [5, 5.41) is 14.3. The SMILES string of the molecule is CC(C)C(CNC(=O)Nc1ccccc1I)C(=O)O. The van der Waals surface area contributed by atoms with E-state index in [1.54, 1.807) is 6.07 Å². The lowest BCUT2D eigenvalue weighted by atomic mass is 9.96. The van der Waals surface area contributed by atoms with Crippen molar-refractivity contribution in [2.75, 3.05) is 11.9 Å². The fourth-order valence-electron chi connectivity index (χ4n) is 1.54. The second-order valence-electron chi connectivity index (χ2n) is 4.50. The molecule has 0 aromatic heterocycles. The summed E-state index contributed by atoms with van der Waals surface area (Å²) in [6.07, 6.45) is 0. The van der Waals surface area contributed by atoms with E-state index >= 15 is 0 Å². The highest BCUT2D eigenvalue weighted by molar-refractivity contribution is 14.1. The van der Waals surface area contributed by atoms with Crippen molar-refractivity contribution >= 4 is 40.3 Å². The predicted molar refractivity (Wildman–Crippen MR) is 82.1 cm³/mol. The lowest BCUT2D eigenvalue weighted by Gasteiger charge is -2.17. The van der Waals surface area contributed by atoms with Gasteiger partial charge in [0.25, 0.3) is 0 Å². The van der Waals surface area contributed by atoms with Crippen LogP contribution < -0.4 is 10.6 Å². The van der Waals surface area contributed by atoms with Crippen LogP contribution in [0.15, 0.2) is 24.3 Å². The summed E-state index contributed by atoms with van der Waals surface area (Å²) in [5.74, 6) is -1.51. The first-order chi connectivity index (χ1) is 8.91. The van der Waals surface area contributed by atoms with Crippen molar-refractivity contribution in [3.8, 4) is 0 Å². The van der Waals surface area contributed by atoms with E-state index in [-0.39, 0.29) is 12.5 Å². The first-order valence-corrected chi connectivity index (χ1v) is 7.02. The van der Waals surface area contributed by atoms with Crippen LogP contribution in [0.1, 0.15) is 13.8 Å². The number of anilines is 1. The molecule has 1 rings (SSSR count). The standard InChI is InChI=1S/C13H17IN2O3/c1-8(2)9(12(17)18)7-15-13(19)16-11-6-4-3-5-10(11)14/h3-6,8-9H,7H2,1-2H3,(H,17,18)(H2,15,16,19). The first kappa shape index (κ1) is 15.7. The summed E-state index contributed by atoms with van der Waals surface area (Å²) in [4.78, 5) is 22.7. The average molecular weight is 376 g/mol. The monoisotopic (exact) mass is 376 g/mol. The number of nitrogens with one attached hydrogen (secondary N) is 2. The van der Waals surface area contributed by atoms with E-state index in [0.717, 1.165) is 3.57 Å². The zero-order valence-corrected chi connectivity index (χ0v) is 13.0. The van der Waals surface area contributed by atoms with Gasteiger partial charge >= 0.3 is 12.0 Å². The molecule has 0 saturated heterocycles. The Morgan fingerprint density at radius 2 is 1.95 bits per heavy atom. The number of para-hydroxylation sites is 1. The quantitative estimate of drug-likeness (QED) is 0.692. The number of rotatable bonds is 5. The minimum atomic E-state index is -0.899. The maximum atomic E-state index is 11.7. The van der Waals surface area contributed by atoms with Crippen molar-refractivity contribution in [2.24, 2.45) is 11.8 Å². The van der Waals surface area contributed by atoms with Crippen LogP contribution in [0.3, 0.4) is 0 Å². The Hall–Kier alpha value is -1.31. The first-order valence-electron chi connectivity index (χ1n) is 5.94. The lowest BCUT2D eigenvalue weighted by molar-refractivity contribution is -0.142. The molecular formula is C13H17IN2O3. The van der Waals surface area contributed by atoms with Gasteiger partial charge in [0, 0.05) is 10.1 Å². The van der Waals surface area contributed by atoms with Crippen molar-refractivity contribution in [1.82, 2.24) is 5.32 Å². The third-order valence-electron chi connectivity index (χ3n) is 2.73. The summed E-state index contributed by atoms with van der Waals surface area (Å²) in [5.41, 5.74) is 0.706. The summed E-state index contributed by atoms with van der Waals surface area (Å²) in [7, 11) is 0. The number of carbonyl (C=O) groups excluding carboxylic acids is 1. The van der Waals surface area contributed by atoms with Gasteiger partial charge < -0.3 is 15.7 Å². The fourth-order valence-corrected chi connectivity index (χ4v) is 2.06. The predicted octanol–water partition coefficient (Wildman–Crippen LogP) is 2.77. The van der Waals surface area contributed by atoms with Crippen molar-refractivity contribution in [3.05, 3.63) is 27.8 Å². The molecule has 104 valence electrons. The third-order valence-corrected chi connectivity index (χ3v) is 3.67. The van der Waals surface area contributed by atoms with Gasteiger partial charge in [-0.2, -0.15) is 0 Å². The Balaban J connectivity index is 2.52. The number of carbonyl (C=O) groups is 2. The molecule has 0 aliphatic carbocycles. The number of hydrogen-bond donors (Lipinski definition) is 3. The van der Waals surface area contributed by atoms with E-state index in [9.17, 15) is 9.59 Å². The van der Waals surface area contributed by atoms with Crippen LogP contribution in [0, 0.1) is 15.4 Å².